The molecule has 1 aliphatic heterocycles. The Labute approximate surface area is 135 Å². The molecule has 1 saturated heterocycles. The van der Waals surface area contributed by atoms with Gasteiger partial charge in [0.05, 0.1) is 12.4 Å². The minimum atomic E-state index is 0.629. The number of aromatic nitrogens is 4. The van der Waals surface area contributed by atoms with Crippen molar-refractivity contribution in [1.29, 1.82) is 0 Å². The summed E-state index contributed by atoms with van der Waals surface area (Å²) in [5, 5.41) is 10.1. The monoisotopic (exact) mass is 308 g/mol. The first kappa shape index (κ1) is 14.1. The molecule has 0 saturated carbocycles. The Kier molecular flexibility index (Phi) is 3.90. The van der Waals surface area contributed by atoms with Crippen molar-refractivity contribution in [2.45, 2.75) is 25.9 Å². The lowest BCUT2D eigenvalue weighted by atomic mass is 10.1. The van der Waals surface area contributed by atoms with Crippen LogP contribution in [0.4, 0.5) is 5.95 Å². The van der Waals surface area contributed by atoms with Crippen LogP contribution in [0.15, 0.2) is 36.7 Å². The molecule has 0 unspecified atom stereocenters. The first-order valence-electron chi connectivity index (χ1n) is 8.07. The molecule has 2 aromatic heterocycles. The molecule has 6 heteroatoms. The predicted octanol–water partition coefficient (Wildman–Crippen LogP) is 2.56. The van der Waals surface area contributed by atoms with E-state index in [9.17, 15) is 0 Å². The lowest BCUT2D eigenvalue weighted by Crippen LogP contribution is -2.18. The number of fused-ring (bicyclic) bond motifs is 1. The molecule has 4 rings (SSSR count). The van der Waals surface area contributed by atoms with Crippen LogP contribution in [0.3, 0.4) is 0 Å². The van der Waals surface area contributed by atoms with E-state index in [0.29, 0.717) is 5.95 Å². The minimum absolute atomic E-state index is 0.629. The molecule has 0 bridgehead atoms. The van der Waals surface area contributed by atoms with Gasteiger partial charge in [-0.3, -0.25) is 10.00 Å². The van der Waals surface area contributed by atoms with E-state index in [1.165, 1.54) is 37.1 Å². The molecule has 3 heterocycles. The summed E-state index contributed by atoms with van der Waals surface area (Å²) < 4.78 is 0. The van der Waals surface area contributed by atoms with Crippen LogP contribution in [-0.4, -0.2) is 38.2 Å². The fourth-order valence-electron chi connectivity index (χ4n) is 3.05. The van der Waals surface area contributed by atoms with Gasteiger partial charge in [-0.2, -0.15) is 5.10 Å². The predicted molar refractivity (Wildman–Crippen MR) is 90.0 cm³/mol. The van der Waals surface area contributed by atoms with Crippen LogP contribution in [0.5, 0.6) is 0 Å². The van der Waals surface area contributed by atoms with Gasteiger partial charge in [0.1, 0.15) is 11.0 Å². The smallest absolute Gasteiger partial charge is 0.223 e. The van der Waals surface area contributed by atoms with Crippen LogP contribution in [-0.2, 0) is 13.1 Å². The molecule has 118 valence electrons. The standard InChI is InChI=1S/C17H20N6/c1-2-7-23(6-1)12-14-5-3-4-13(8-14)9-18-17-19-10-16-15(21-17)11-20-22-16/h3-5,8,10-11H,1-2,6-7,9,12H2,(H,20,22)(H,18,19,21). The highest BCUT2D eigenvalue weighted by Crippen LogP contribution is 2.15. The fraction of sp³-hybridized carbons (Fsp3) is 0.353. The van der Waals surface area contributed by atoms with Gasteiger partial charge in [-0.25, -0.2) is 9.97 Å². The Bertz CT molecular complexity index is 790. The van der Waals surface area contributed by atoms with Gasteiger partial charge < -0.3 is 5.32 Å². The van der Waals surface area contributed by atoms with Crippen molar-refractivity contribution in [1.82, 2.24) is 25.1 Å². The van der Waals surface area contributed by atoms with Gasteiger partial charge in [0, 0.05) is 13.1 Å². The third-order valence-electron chi connectivity index (χ3n) is 4.24. The number of rotatable bonds is 5. The Morgan fingerprint density at radius 3 is 2.91 bits per heavy atom. The van der Waals surface area contributed by atoms with E-state index >= 15 is 0 Å². The number of benzene rings is 1. The van der Waals surface area contributed by atoms with Crippen molar-refractivity contribution in [2.24, 2.45) is 0 Å². The van der Waals surface area contributed by atoms with E-state index in [1.54, 1.807) is 12.4 Å². The first-order valence-corrected chi connectivity index (χ1v) is 8.07. The molecule has 2 N–H and O–H groups in total. The SMILES string of the molecule is c1cc(CNc2ncc3[nH]ncc3n2)cc(CN2CCCC2)c1. The van der Waals surface area contributed by atoms with Gasteiger partial charge >= 0.3 is 0 Å². The van der Waals surface area contributed by atoms with E-state index in [2.05, 4.69) is 54.6 Å². The van der Waals surface area contributed by atoms with Crippen molar-refractivity contribution in [2.75, 3.05) is 18.4 Å². The molecule has 6 nitrogen and oxygen atoms in total. The number of hydrogen-bond donors (Lipinski definition) is 2. The van der Waals surface area contributed by atoms with Crippen LogP contribution < -0.4 is 5.32 Å². The second kappa shape index (κ2) is 6.34. The van der Waals surface area contributed by atoms with E-state index in [-0.39, 0.29) is 0 Å². The van der Waals surface area contributed by atoms with Gasteiger partial charge in [0.15, 0.2) is 0 Å². The lowest BCUT2D eigenvalue weighted by molar-refractivity contribution is 0.331. The summed E-state index contributed by atoms with van der Waals surface area (Å²) in [4.78, 5) is 11.2. The molecule has 1 aromatic carbocycles. The Morgan fingerprint density at radius 1 is 1.13 bits per heavy atom. The second-order valence-electron chi connectivity index (χ2n) is 6.02. The van der Waals surface area contributed by atoms with Crippen LogP contribution in [0.25, 0.3) is 11.0 Å². The maximum atomic E-state index is 4.43. The zero-order chi connectivity index (χ0) is 15.5. The quantitative estimate of drug-likeness (QED) is 0.758. The van der Waals surface area contributed by atoms with E-state index in [0.717, 1.165) is 24.1 Å². The highest BCUT2D eigenvalue weighted by molar-refractivity contribution is 5.73. The Balaban J connectivity index is 1.41. The van der Waals surface area contributed by atoms with Crippen molar-refractivity contribution >= 4 is 17.0 Å². The Morgan fingerprint density at radius 2 is 2.00 bits per heavy atom. The van der Waals surface area contributed by atoms with Crippen LogP contribution in [0, 0.1) is 0 Å². The number of likely N-dealkylation sites (tertiary alicyclic amines) is 1. The second-order valence-corrected chi connectivity index (χ2v) is 6.02. The summed E-state index contributed by atoms with van der Waals surface area (Å²) in [5.41, 5.74) is 4.29. The third kappa shape index (κ3) is 3.32. The summed E-state index contributed by atoms with van der Waals surface area (Å²) in [6.07, 6.45) is 6.12. The Hall–Kier alpha value is -2.47. The van der Waals surface area contributed by atoms with Gasteiger partial charge in [-0.15, -0.1) is 0 Å². The number of nitrogens with zero attached hydrogens (tertiary/aromatic N) is 4. The summed E-state index contributed by atoms with van der Waals surface area (Å²) in [5.74, 6) is 0.629. The molecular formula is C17H20N6. The average molecular weight is 308 g/mol. The maximum Gasteiger partial charge on any atom is 0.223 e. The molecule has 0 atom stereocenters. The van der Waals surface area contributed by atoms with Gasteiger partial charge in [0.2, 0.25) is 5.95 Å². The molecule has 0 spiro atoms. The maximum absolute atomic E-state index is 4.43. The van der Waals surface area contributed by atoms with Crippen molar-refractivity contribution in [3.63, 3.8) is 0 Å². The van der Waals surface area contributed by atoms with Gasteiger partial charge in [0.25, 0.3) is 0 Å². The number of hydrogen-bond acceptors (Lipinski definition) is 5. The van der Waals surface area contributed by atoms with E-state index < -0.39 is 0 Å². The van der Waals surface area contributed by atoms with Crippen LogP contribution in [0.2, 0.25) is 0 Å². The molecule has 3 aromatic rings. The lowest BCUT2D eigenvalue weighted by Gasteiger charge is -2.15. The zero-order valence-corrected chi connectivity index (χ0v) is 13.0. The number of H-pyrrole nitrogens is 1. The van der Waals surface area contributed by atoms with Crippen LogP contribution >= 0.6 is 0 Å². The molecule has 1 fully saturated rings. The molecule has 1 aliphatic rings. The number of anilines is 1. The van der Waals surface area contributed by atoms with Crippen molar-refractivity contribution in [3.05, 3.63) is 47.8 Å². The number of aromatic amines is 1. The minimum Gasteiger partial charge on any atom is -0.350 e. The fourth-order valence-corrected chi connectivity index (χ4v) is 3.05. The first-order chi connectivity index (χ1) is 11.4. The summed E-state index contributed by atoms with van der Waals surface area (Å²) in [6.45, 7) is 4.21. The zero-order valence-electron chi connectivity index (χ0n) is 13.0. The highest BCUT2D eigenvalue weighted by Gasteiger charge is 2.11. The third-order valence-corrected chi connectivity index (χ3v) is 4.24. The highest BCUT2D eigenvalue weighted by atomic mass is 15.2. The molecule has 23 heavy (non-hydrogen) atoms. The van der Waals surface area contributed by atoms with Gasteiger partial charge in [-0.05, 0) is 37.1 Å². The molecule has 0 aliphatic carbocycles. The largest absolute Gasteiger partial charge is 0.350 e. The summed E-state index contributed by atoms with van der Waals surface area (Å²) in [7, 11) is 0. The number of nitrogens with one attached hydrogen (secondary N) is 2. The summed E-state index contributed by atoms with van der Waals surface area (Å²) >= 11 is 0. The van der Waals surface area contributed by atoms with Gasteiger partial charge in [-0.1, -0.05) is 24.3 Å². The van der Waals surface area contributed by atoms with Crippen molar-refractivity contribution < 1.29 is 0 Å². The van der Waals surface area contributed by atoms with E-state index in [1.807, 2.05) is 0 Å². The van der Waals surface area contributed by atoms with Crippen LogP contribution in [0.1, 0.15) is 24.0 Å². The summed E-state index contributed by atoms with van der Waals surface area (Å²) in [6, 6.07) is 8.73. The normalized spacial score (nSPS) is 15.3. The molecular weight excluding hydrogens is 288 g/mol. The molecule has 0 amide bonds. The van der Waals surface area contributed by atoms with E-state index in [4.69, 9.17) is 0 Å². The topological polar surface area (TPSA) is 69.7 Å². The molecule has 0 radical (unpaired) electrons. The van der Waals surface area contributed by atoms with Crippen molar-refractivity contribution in [3.8, 4) is 0 Å². The average Bonchev–Trinajstić information content (AvgIpc) is 3.24.